The first-order chi connectivity index (χ1) is 13.4. The fourth-order valence-corrected chi connectivity index (χ4v) is 3.95. The lowest BCUT2D eigenvalue weighted by molar-refractivity contribution is -0.114. The molecule has 3 rings (SSSR count). The highest BCUT2D eigenvalue weighted by Crippen LogP contribution is 2.42. The van der Waals surface area contributed by atoms with Crippen molar-refractivity contribution in [3.05, 3.63) is 58.5 Å². The second-order valence-electron chi connectivity index (χ2n) is 6.68. The van der Waals surface area contributed by atoms with Crippen LogP contribution in [-0.2, 0) is 4.79 Å². The maximum Gasteiger partial charge on any atom is 0.264 e. The first kappa shape index (κ1) is 20.0. The summed E-state index contributed by atoms with van der Waals surface area (Å²) in [6.45, 7) is 3.99. The van der Waals surface area contributed by atoms with Gasteiger partial charge in [-0.2, -0.15) is 0 Å². The monoisotopic (exact) mass is 396 g/mol. The lowest BCUT2D eigenvalue weighted by Crippen LogP contribution is -2.33. The minimum atomic E-state index is -0.127. The molecule has 0 saturated carbocycles. The second kappa shape index (κ2) is 8.52. The van der Waals surface area contributed by atoms with Gasteiger partial charge in [0.15, 0.2) is 0 Å². The average molecular weight is 397 g/mol. The third kappa shape index (κ3) is 4.07. The Kier molecular flexibility index (Phi) is 6.09. The van der Waals surface area contributed by atoms with E-state index in [9.17, 15) is 9.59 Å². The zero-order valence-corrected chi connectivity index (χ0v) is 17.3. The molecule has 5 nitrogen and oxygen atoms in total. The lowest BCUT2D eigenvalue weighted by Gasteiger charge is -2.27. The Morgan fingerprint density at radius 3 is 2.75 bits per heavy atom. The summed E-state index contributed by atoms with van der Waals surface area (Å²) in [5, 5.41) is 2.96. The van der Waals surface area contributed by atoms with Crippen molar-refractivity contribution in [3.8, 4) is 5.75 Å². The Labute approximate surface area is 169 Å². The van der Waals surface area contributed by atoms with Crippen LogP contribution in [0.25, 0.3) is 6.08 Å². The predicted octanol–water partition coefficient (Wildman–Crippen LogP) is 4.33. The van der Waals surface area contributed by atoms with Crippen LogP contribution in [0.2, 0.25) is 0 Å². The summed E-state index contributed by atoms with van der Waals surface area (Å²) < 4.78 is 5.38. The van der Waals surface area contributed by atoms with Crippen LogP contribution in [0, 0.1) is 0 Å². The highest BCUT2D eigenvalue weighted by molar-refractivity contribution is 8.04. The van der Waals surface area contributed by atoms with E-state index >= 15 is 0 Å². The number of carbonyl (C=O) groups excluding carboxylic acids is 2. The molecule has 0 aromatic heterocycles. The van der Waals surface area contributed by atoms with Gasteiger partial charge in [0.2, 0.25) is 0 Å². The zero-order chi connectivity index (χ0) is 20.3. The number of fused-ring (bicyclic) bond motifs is 1. The molecule has 1 atom stereocenters. The molecule has 2 amide bonds. The molecule has 1 aliphatic heterocycles. The van der Waals surface area contributed by atoms with Crippen LogP contribution in [0.3, 0.4) is 0 Å². The van der Waals surface area contributed by atoms with Gasteiger partial charge in [0.1, 0.15) is 5.75 Å². The third-order valence-corrected chi connectivity index (χ3v) is 5.81. The molecule has 2 aromatic carbocycles. The number of hydrogen-bond acceptors (Lipinski definition) is 4. The number of anilines is 1. The number of nitrogens with one attached hydrogen (secondary N) is 1. The Morgan fingerprint density at radius 1 is 1.29 bits per heavy atom. The van der Waals surface area contributed by atoms with Crippen molar-refractivity contribution in [1.82, 2.24) is 5.32 Å². The van der Waals surface area contributed by atoms with E-state index in [1.54, 1.807) is 31.2 Å². The van der Waals surface area contributed by atoms with E-state index in [4.69, 9.17) is 4.74 Å². The molecule has 146 valence electrons. The number of hydrogen-bond donors (Lipinski definition) is 1. The standard InChI is InChI=1S/C22H24N2O3S/c1-5-14(2)23-21(25)16-10-11-19-17(12-16)24(3)22(26)20(28-19)13-15-8-6-7-9-18(15)27-4/h6-14H,5H2,1-4H3,(H,23,25). The molecule has 6 heteroatoms. The van der Waals surface area contributed by atoms with Crippen molar-refractivity contribution in [1.29, 1.82) is 0 Å². The molecule has 1 unspecified atom stereocenters. The molecule has 1 aliphatic rings. The van der Waals surface area contributed by atoms with E-state index in [0.717, 1.165) is 22.6 Å². The topological polar surface area (TPSA) is 58.6 Å². The predicted molar refractivity (Wildman–Crippen MR) is 114 cm³/mol. The molecule has 0 saturated heterocycles. The maximum atomic E-state index is 12.9. The van der Waals surface area contributed by atoms with E-state index in [0.29, 0.717) is 16.2 Å². The van der Waals surface area contributed by atoms with Crippen LogP contribution < -0.4 is 15.0 Å². The van der Waals surface area contributed by atoms with Gasteiger partial charge in [-0.25, -0.2) is 0 Å². The smallest absolute Gasteiger partial charge is 0.264 e. The maximum absolute atomic E-state index is 12.9. The number of para-hydroxylation sites is 1. The Balaban J connectivity index is 1.92. The van der Waals surface area contributed by atoms with Gasteiger partial charge in [-0.05, 0) is 43.7 Å². The lowest BCUT2D eigenvalue weighted by atomic mass is 10.1. The van der Waals surface area contributed by atoms with E-state index in [-0.39, 0.29) is 17.9 Å². The van der Waals surface area contributed by atoms with Gasteiger partial charge >= 0.3 is 0 Å². The fraction of sp³-hybridized carbons (Fsp3) is 0.273. The van der Waals surface area contributed by atoms with Crippen molar-refractivity contribution in [2.24, 2.45) is 0 Å². The van der Waals surface area contributed by atoms with Crippen LogP contribution in [-0.4, -0.2) is 32.0 Å². The van der Waals surface area contributed by atoms with Crippen LogP contribution in [0.1, 0.15) is 36.2 Å². The molecular weight excluding hydrogens is 372 g/mol. The summed E-state index contributed by atoms with van der Waals surface area (Å²) in [7, 11) is 3.34. The number of methoxy groups -OCH3 is 1. The number of thioether (sulfide) groups is 1. The summed E-state index contributed by atoms with van der Waals surface area (Å²) in [5.74, 6) is 0.482. The molecular formula is C22H24N2O3S. The van der Waals surface area contributed by atoms with Crippen molar-refractivity contribution >= 4 is 35.3 Å². The van der Waals surface area contributed by atoms with E-state index < -0.39 is 0 Å². The van der Waals surface area contributed by atoms with Gasteiger partial charge in [0.05, 0.1) is 17.7 Å². The summed E-state index contributed by atoms with van der Waals surface area (Å²) in [6, 6.07) is 13.2. The van der Waals surface area contributed by atoms with Crippen LogP contribution in [0.5, 0.6) is 5.75 Å². The summed E-state index contributed by atoms with van der Waals surface area (Å²) >= 11 is 1.40. The Hall–Kier alpha value is -2.73. The largest absolute Gasteiger partial charge is 0.496 e. The van der Waals surface area contributed by atoms with Gasteiger partial charge in [0, 0.05) is 29.1 Å². The van der Waals surface area contributed by atoms with E-state index in [1.165, 1.54) is 11.8 Å². The SMILES string of the molecule is CCC(C)NC(=O)c1ccc2c(c1)N(C)C(=O)C(=Cc1ccccc1OC)S2. The highest BCUT2D eigenvalue weighted by atomic mass is 32.2. The van der Waals surface area contributed by atoms with Crippen LogP contribution in [0.4, 0.5) is 5.69 Å². The summed E-state index contributed by atoms with van der Waals surface area (Å²) in [4.78, 5) is 28.4. The van der Waals surface area contributed by atoms with Crippen molar-refractivity contribution in [2.75, 3.05) is 19.1 Å². The van der Waals surface area contributed by atoms with Crippen LogP contribution in [0.15, 0.2) is 52.3 Å². The number of likely N-dealkylation sites (N-methyl/N-ethyl adjacent to an activating group) is 1. The molecule has 1 N–H and O–H groups in total. The molecule has 0 aliphatic carbocycles. The van der Waals surface area contributed by atoms with E-state index in [2.05, 4.69) is 5.32 Å². The number of amides is 2. The first-order valence-corrected chi connectivity index (χ1v) is 10.0. The molecule has 2 aromatic rings. The van der Waals surface area contributed by atoms with Crippen LogP contribution >= 0.6 is 11.8 Å². The third-order valence-electron chi connectivity index (χ3n) is 4.73. The molecule has 0 bridgehead atoms. The first-order valence-electron chi connectivity index (χ1n) is 9.20. The Bertz CT molecular complexity index is 939. The van der Waals surface area contributed by atoms with Gasteiger partial charge in [-0.3, -0.25) is 9.59 Å². The fourth-order valence-electron chi connectivity index (χ4n) is 2.87. The summed E-state index contributed by atoms with van der Waals surface area (Å²) in [5.41, 5.74) is 2.14. The highest BCUT2D eigenvalue weighted by Gasteiger charge is 2.27. The second-order valence-corrected chi connectivity index (χ2v) is 7.77. The number of benzene rings is 2. The molecule has 0 spiro atoms. The number of rotatable bonds is 5. The molecule has 28 heavy (non-hydrogen) atoms. The van der Waals surface area contributed by atoms with Crippen molar-refractivity contribution in [3.63, 3.8) is 0 Å². The minimum Gasteiger partial charge on any atom is -0.496 e. The van der Waals surface area contributed by atoms with Gasteiger partial charge in [-0.15, -0.1) is 0 Å². The van der Waals surface area contributed by atoms with Crippen molar-refractivity contribution < 1.29 is 14.3 Å². The van der Waals surface area contributed by atoms with Gasteiger partial charge < -0.3 is 15.0 Å². The molecule has 0 fully saturated rings. The quantitative estimate of drug-likeness (QED) is 0.764. The molecule has 0 radical (unpaired) electrons. The number of ether oxygens (including phenoxy) is 1. The normalized spacial score (nSPS) is 15.9. The zero-order valence-electron chi connectivity index (χ0n) is 16.5. The Morgan fingerprint density at radius 2 is 2.04 bits per heavy atom. The number of carbonyl (C=O) groups is 2. The minimum absolute atomic E-state index is 0.104. The number of nitrogens with zero attached hydrogens (tertiary/aromatic N) is 1. The average Bonchev–Trinajstić information content (AvgIpc) is 2.71. The summed E-state index contributed by atoms with van der Waals surface area (Å²) in [6.07, 6.45) is 2.71. The van der Waals surface area contributed by atoms with Crippen molar-refractivity contribution in [2.45, 2.75) is 31.2 Å². The molecule has 1 heterocycles. The van der Waals surface area contributed by atoms with Gasteiger partial charge in [0.25, 0.3) is 11.8 Å². The van der Waals surface area contributed by atoms with Gasteiger partial charge in [-0.1, -0.05) is 36.9 Å². The van der Waals surface area contributed by atoms with E-state index in [1.807, 2.05) is 50.3 Å².